The molecule has 124 valence electrons. The van der Waals surface area contributed by atoms with Crippen molar-refractivity contribution in [1.29, 1.82) is 0 Å². The van der Waals surface area contributed by atoms with E-state index < -0.39 is 5.60 Å². The van der Waals surface area contributed by atoms with Gasteiger partial charge in [-0.1, -0.05) is 6.07 Å². The minimum absolute atomic E-state index is 0.225. The number of nitrogens with one attached hydrogen (secondary N) is 1. The van der Waals surface area contributed by atoms with Gasteiger partial charge in [-0.3, -0.25) is 0 Å². The van der Waals surface area contributed by atoms with Crippen LogP contribution in [0.5, 0.6) is 0 Å². The van der Waals surface area contributed by atoms with E-state index in [9.17, 15) is 4.79 Å². The Morgan fingerprint density at radius 2 is 2.09 bits per heavy atom. The summed E-state index contributed by atoms with van der Waals surface area (Å²) in [4.78, 5) is 19.4. The van der Waals surface area contributed by atoms with Crippen molar-refractivity contribution in [2.75, 3.05) is 25.0 Å². The largest absolute Gasteiger partial charge is 0.444 e. The van der Waals surface area contributed by atoms with E-state index in [1.807, 2.05) is 20.8 Å². The van der Waals surface area contributed by atoms with Gasteiger partial charge in [0, 0.05) is 36.7 Å². The second kappa shape index (κ2) is 5.89. The summed E-state index contributed by atoms with van der Waals surface area (Å²) in [6.45, 7) is 7.07. The average molecular weight is 427 g/mol. The Morgan fingerprint density at radius 3 is 2.74 bits per heavy atom. The van der Waals surface area contributed by atoms with Gasteiger partial charge >= 0.3 is 6.09 Å². The van der Waals surface area contributed by atoms with Gasteiger partial charge in [-0.05, 0) is 61.6 Å². The number of fused-ring (bicyclic) bond motifs is 1. The van der Waals surface area contributed by atoms with Crippen LogP contribution in [0.2, 0.25) is 0 Å². The lowest BCUT2D eigenvalue weighted by atomic mass is 10.1. The summed E-state index contributed by atoms with van der Waals surface area (Å²) in [5, 5.41) is 1.22. The lowest BCUT2D eigenvalue weighted by Crippen LogP contribution is -2.61. The van der Waals surface area contributed by atoms with E-state index in [0.717, 1.165) is 9.22 Å². The molecule has 1 aliphatic rings. The highest BCUT2D eigenvalue weighted by Crippen LogP contribution is 2.30. The molecule has 1 N–H and O–H groups in total. The zero-order chi connectivity index (χ0) is 16.8. The van der Waals surface area contributed by atoms with Gasteiger partial charge in [-0.25, -0.2) is 4.79 Å². The first kappa shape index (κ1) is 16.4. The first-order chi connectivity index (χ1) is 10.7. The smallest absolute Gasteiger partial charge is 0.410 e. The van der Waals surface area contributed by atoms with Gasteiger partial charge in [0.15, 0.2) is 0 Å². The molecule has 2 aromatic rings. The SMILES string of the molecule is CN(c1cccc2[nH]c(I)cc12)C1CN(C(=O)OC(C)(C)C)C1. The fraction of sp³-hybridized carbons (Fsp3) is 0.471. The molecule has 2 heterocycles. The van der Waals surface area contributed by atoms with E-state index in [2.05, 4.69) is 63.8 Å². The number of hydrogen-bond acceptors (Lipinski definition) is 3. The van der Waals surface area contributed by atoms with Crippen molar-refractivity contribution in [2.45, 2.75) is 32.4 Å². The molecular formula is C17H22IN3O2. The number of rotatable bonds is 2. The number of hydrogen-bond donors (Lipinski definition) is 1. The zero-order valence-corrected chi connectivity index (χ0v) is 16.0. The minimum Gasteiger partial charge on any atom is -0.444 e. The van der Waals surface area contributed by atoms with E-state index in [0.29, 0.717) is 19.1 Å². The molecule has 0 atom stereocenters. The Morgan fingerprint density at radius 1 is 1.39 bits per heavy atom. The van der Waals surface area contributed by atoms with Crippen LogP contribution in [0.4, 0.5) is 10.5 Å². The molecule has 1 aliphatic heterocycles. The second-order valence-corrected chi connectivity index (χ2v) is 8.17. The number of nitrogens with zero attached hydrogens (tertiary/aromatic N) is 2. The normalized spacial score (nSPS) is 15.6. The number of halogens is 1. The predicted molar refractivity (Wildman–Crippen MR) is 101 cm³/mol. The number of ether oxygens (including phenoxy) is 1. The summed E-state index contributed by atoms with van der Waals surface area (Å²) in [5.74, 6) is 0. The lowest BCUT2D eigenvalue weighted by molar-refractivity contribution is 0.00854. The molecular weight excluding hydrogens is 405 g/mol. The van der Waals surface area contributed by atoms with Crippen molar-refractivity contribution in [1.82, 2.24) is 9.88 Å². The van der Waals surface area contributed by atoms with Gasteiger partial charge in [0.1, 0.15) is 5.60 Å². The first-order valence-corrected chi connectivity index (χ1v) is 8.80. The molecule has 0 saturated carbocycles. The molecule has 3 rings (SSSR count). The Labute approximate surface area is 150 Å². The minimum atomic E-state index is -0.443. The maximum atomic E-state index is 12.0. The van der Waals surface area contributed by atoms with Crippen LogP contribution in [0.3, 0.4) is 0 Å². The van der Waals surface area contributed by atoms with Crippen LogP contribution in [0.25, 0.3) is 10.9 Å². The standard InChI is InChI=1S/C17H22IN3O2/c1-17(2,3)23-16(22)21-9-11(10-21)20(4)14-7-5-6-13-12(14)8-15(18)19-13/h5-8,11,19H,9-10H2,1-4H3. The van der Waals surface area contributed by atoms with Crippen molar-refractivity contribution in [2.24, 2.45) is 0 Å². The topological polar surface area (TPSA) is 48.6 Å². The summed E-state index contributed by atoms with van der Waals surface area (Å²) in [6.07, 6.45) is -0.225. The molecule has 1 amide bonds. The zero-order valence-electron chi connectivity index (χ0n) is 13.9. The fourth-order valence-corrected chi connectivity index (χ4v) is 3.39. The van der Waals surface area contributed by atoms with Crippen molar-refractivity contribution in [3.05, 3.63) is 28.0 Å². The first-order valence-electron chi connectivity index (χ1n) is 7.72. The molecule has 0 radical (unpaired) electrons. The van der Waals surface area contributed by atoms with Crippen molar-refractivity contribution in [3.63, 3.8) is 0 Å². The van der Waals surface area contributed by atoms with Crippen LogP contribution in [-0.2, 0) is 4.74 Å². The van der Waals surface area contributed by atoms with E-state index in [-0.39, 0.29) is 6.09 Å². The Balaban J connectivity index is 1.68. The Kier molecular flexibility index (Phi) is 4.20. The summed E-state index contributed by atoms with van der Waals surface area (Å²) < 4.78 is 6.54. The third-order valence-corrected chi connectivity index (χ3v) is 4.63. The highest BCUT2D eigenvalue weighted by molar-refractivity contribution is 14.1. The van der Waals surface area contributed by atoms with Crippen LogP contribution >= 0.6 is 22.6 Å². The van der Waals surface area contributed by atoms with Crippen LogP contribution < -0.4 is 4.90 Å². The number of likely N-dealkylation sites (tertiary alicyclic amines) is 1. The summed E-state index contributed by atoms with van der Waals surface area (Å²) >= 11 is 2.29. The number of benzene rings is 1. The highest BCUT2D eigenvalue weighted by Gasteiger charge is 2.36. The highest BCUT2D eigenvalue weighted by atomic mass is 127. The molecule has 23 heavy (non-hydrogen) atoms. The van der Waals surface area contributed by atoms with Crippen LogP contribution in [-0.4, -0.2) is 47.8 Å². The molecule has 1 saturated heterocycles. The summed E-state index contributed by atoms with van der Waals surface area (Å²) in [7, 11) is 2.09. The van der Waals surface area contributed by atoms with Crippen LogP contribution in [0.1, 0.15) is 20.8 Å². The second-order valence-electron chi connectivity index (χ2n) is 7.01. The van der Waals surface area contributed by atoms with Gasteiger partial charge in [0.25, 0.3) is 0 Å². The van der Waals surface area contributed by atoms with Gasteiger partial charge in [0.05, 0.1) is 9.74 Å². The molecule has 1 aromatic carbocycles. The monoisotopic (exact) mass is 427 g/mol. The maximum Gasteiger partial charge on any atom is 0.410 e. The van der Waals surface area contributed by atoms with E-state index in [1.54, 1.807) is 4.90 Å². The number of carbonyl (C=O) groups is 1. The molecule has 0 unspecified atom stereocenters. The van der Waals surface area contributed by atoms with Crippen molar-refractivity contribution in [3.8, 4) is 0 Å². The lowest BCUT2D eigenvalue weighted by Gasteiger charge is -2.45. The molecule has 0 aliphatic carbocycles. The van der Waals surface area contributed by atoms with Crippen molar-refractivity contribution < 1.29 is 9.53 Å². The fourth-order valence-electron chi connectivity index (χ4n) is 2.79. The van der Waals surface area contributed by atoms with Gasteiger partial charge in [-0.2, -0.15) is 0 Å². The summed E-state index contributed by atoms with van der Waals surface area (Å²) in [5.41, 5.74) is 1.89. The molecule has 6 heteroatoms. The number of aromatic amines is 1. The quantitative estimate of drug-likeness (QED) is 0.742. The van der Waals surface area contributed by atoms with Crippen molar-refractivity contribution >= 4 is 45.3 Å². The number of carbonyl (C=O) groups excluding carboxylic acids is 1. The number of anilines is 1. The third kappa shape index (κ3) is 3.41. The molecule has 5 nitrogen and oxygen atoms in total. The molecule has 1 fully saturated rings. The molecule has 0 bridgehead atoms. The third-order valence-electron chi connectivity index (χ3n) is 4.05. The Bertz CT molecular complexity index is 729. The number of amides is 1. The number of H-pyrrole nitrogens is 1. The number of aromatic nitrogens is 1. The Hall–Kier alpha value is -1.44. The average Bonchev–Trinajstić information content (AvgIpc) is 2.74. The van der Waals surface area contributed by atoms with E-state index in [4.69, 9.17) is 4.74 Å². The van der Waals surface area contributed by atoms with Gasteiger partial charge < -0.3 is 19.5 Å². The molecule has 0 spiro atoms. The van der Waals surface area contributed by atoms with E-state index in [1.165, 1.54) is 11.1 Å². The van der Waals surface area contributed by atoms with Crippen LogP contribution in [0.15, 0.2) is 24.3 Å². The molecule has 1 aromatic heterocycles. The predicted octanol–water partition coefficient (Wildman–Crippen LogP) is 3.83. The van der Waals surface area contributed by atoms with Crippen LogP contribution in [0, 0.1) is 3.70 Å². The maximum absolute atomic E-state index is 12.0. The number of likely N-dealkylation sites (N-methyl/N-ethyl adjacent to an activating group) is 1. The van der Waals surface area contributed by atoms with Gasteiger partial charge in [0.2, 0.25) is 0 Å². The van der Waals surface area contributed by atoms with Gasteiger partial charge in [-0.15, -0.1) is 0 Å². The summed E-state index contributed by atoms with van der Waals surface area (Å²) in [6, 6.07) is 8.75. The van der Waals surface area contributed by atoms with E-state index >= 15 is 0 Å².